The molecule has 5 heteroatoms. The lowest BCUT2D eigenvalue weighted by molar-refractivity contribution is -0.154. The number of aliphatic carboxylic acids is 1. The van der Waals surface area contributed by atoms with E-state index in [1.54, 1.807) is 0 Å². The lowest BCUT2D eigenvalue weighted by atomic mass is 10.1. The Kier molecular flexibility index (Phi) is 3.22. The van der Waals surface area contributed by atoms with Crippen molar-refractivity contribution in [3.63, 3.8) is 0 Å². The minimum atomic E-state index is -1.10. The molecule has 0 saturated carbocycles. The quantitative estimate of drug-likeness (QED) is 0.664. The molecule has 0 spiro atoms. The number of hydrogen-bond donors (Lipinski definition) is 1. The van der Waals surface area contributed by atoms with Crippen molar-refractivity contribution in [2.75, 3.05) is 0 Å². The Balaban J connectivity index is 2.81. The van der Waals surface area contributed by atoms with E-state index in [0.29, 0.717) is 12.8 Å². The highest BCUT2D eigenvalue weighted by molar-refractivity contribution is 6.04. The number of carboxylic acids is 1. The van der Waals surface area contributed by atoms with Gasteiger partial charge in [0, 0.05) is 12.8 Å². The Labute approximate surface area is 81.7 Å². The largest absolute Gasteiger partial charge is 0.480 e. The van der Waals surface area contributed by atoms with Crippen molar-refractivity contribution in [3.8, 4) is 0 Å². The average molecular weight is 199 g/mol. The van der Waals surface area contributed by atoms with Crippen molar-refractivity contribution in [1.29, 1.82) is 0 Å². The first-order valence-corrected chi connectivity index (χ1v) is 4.65. The van der Waals surface area contributed by atoms with Gasteiger partial charge in [0.2, 0.25) is 11.8 Å². The molecule has 0 bridgehead atoms. The average Bonchev–Trinajstić information content (AvgIpc) is 2.43. The normalized spacial score (nSPS) is 18.8. The maximum Gasteiger partial charge on any atom is 0.326 e. The zero-order valence-corrected chi connectivity index (χ0v) is 8.02. The topological polar surface area (TPSA) is 74.7 Å². The van der Waals surface area contributed by atoms with Crippen LogP contribution in [0.3, 0.4) is 0 Å². The van der Waals surface area contributed by atoms with Crippen LogP contribution < -0.4 is 0 Å². The van der Waals surface area contributed by atoms with Crippen LogP contribution in [-0.4, -0.2) is 33.8 Å². The summed E-state index contributed by atoms with van der Waals surface area (Å²) in [6.45, 7) is 1.82. The summed E-state index contributed by atoms with van der Waals surface area (Å²) in [6.07, 6.45) is 1.25. The summed E-state index contributed by atoms with van der Waals surface area (Å²) < 4.78 is 0. The predicted octanol–water partition coefficient (Wildman–Crippen LogP) is 0.389. The Hall–Kier alpha value is -1.39. The van der Waals surface area contributed by atoms with E-state index in [4.69, 9.17) is 5.11 Å². The van der Waals surface area contributed by atoms with Crippen LogP contribution in [-0.2, 0) is 14.4 Å². The van der Waals surface area contributed by atoms with E-state index in [-0.39, 0.29) is 24.7 Å². The van der Waals surface area contributed by atoms with Gasteiger partial charge < -0.3 is 5.11 Å². The highest BCUT2D eigenvalue weighted by Crippen LogP contribution is 2.18. The molecule has 1 fully saturated rings. The number of imide groups is 1. The van der Waals surface area contributed by atoms with Crippen LogP contribution in [0.2, 0.25) is 0 Å². The Morgan fingerprint density at radius 3 is 2.29 bits per heavy atom. The summed E-state index contributed by atoms with van der Waals surface area (Å²) in [5.41, 5.74) is 0. The molecule has 0 aromatic heterocycles. The first kappa shape index (κ1) is 10.7. The number of carbonyl (C=O) groups is 3. The molecule has 78 valence electrons. The highest BCUT2D eigenvalue weighted by Gasteiger charge is 2.37. The van der Waals surface area contributed by atoms with Gasteiger partial charge in [-0.25, -0.2) is 4.79 Å². The van der Waals surface area contributed by atoms with Crippen LogP contribution >= 0.6 is 0 Å². The minimum absolute atomic E-state index is 0.145. The maximum absolute atomic E-state index is 11.2. The number of likely N-dealkylation sites (tertiary alicyclic amines) is 1. The van der Waals surface area contributed by atoms with Crippen molar-refractivity contribution in [2.24, 2.45) is 0 Å². The second-order valence-corrected chi connectivity index (χ2v) is 3.30. The highest BCUT2D eigenvalue weighted by atomic mass is 16.4. The van der Waals surface area contributed by atoms with Gasteiger partial charge in [0.05, 0.1) is 0 Å². The summed E-state index contributed by atoms with van der Waals surface area (Å²) in [7, 11) is 0. The van der Waals surface area contributed by atoms with E-state index in [1.807, 2.05) is 6.92 Å². The third-order valence-corrected chi connectivity index (χ3v) is 2.25. The van der Waals surface area contributed by atoms with Gasteiger partial charge in [0.1, 0.15) is 6.04 Å². The first-order valence-electron chi connectivity index (χ1n) is 4.65. The van der Waals surface area contributed by atoms with E-state index in [0.717, 1.165) is 4.90 Å². The molecule has 1 saturated heterocycles. The van der Waals surface area contributed by atoms with Crippen molar-refractivity contribution in [3.05, 3.63) is 0 Å². The minimum Gasteiger partial charge on any atom is -0.480 e. The summed E-state index contributed by atoms with van der Waals surface area (Å²) in [6, 6.07) is -0.970. The van der Waals surface area contributed by atoms with Crippen LogP contribution in [0.4, 0.5) is 0 Å². The van der Waals surface area contributed by atoms with Crippen LogP contribution in [0.25, 0.3) is 0 Å². The van der Waals surface area contributed by atoms with E-state index < -0.39 is 12.0 Å². The second kappa shape index (κ2) is 4.21. The van der Waals surface area contributed by atoms with Gasteiger partial charge in [0.25, 0.3) is 0 Å². The maximum atomic E-state index is 11.2. The van der Waals surface area contributed by atoms with Crippen molar-refractivity contribution in [2.45, 2.75) is 38.6 Å². The molecule has 1 atom stereocenters. The van der Waals surface area contributed by atoms with E-state index in [2.05, 4.69) is 0 Å². The molecule has 14 heavy (non-hydrogen) atoms. The summed E-state index contributed by atoms with van der Waals surface area (Å²) in [5.74, 6) is -1.83. The Morgan fingerprint density at radius 1 is 1.43 bits per heavy atom. The molecule has 1 aliphatic heterocycles. The van der Waals surface area contributed by atoms with Gasteiger partial charge >= 0.3 is 5.97 Å². The molecule has 1 heterocycles. The SMILES string of the molecule is CCCC(C(=O)O)N1C(=O)CCC1=O. The smallest absolute Gasteiger partial charge is 0.326 e. The number of rotatable bonds is 4. The number of carbonyl (C=O) groups excluding carboxylic acids is 2. The number of amides is 2. The van der Waals surface area contributed by atoms with Crippen LogP contribution in [0.5, 0.6) is 0 Å². The number of carboxylic acid groups (broad SMARTS) is 1. The molecular weight excluding hydrogens is 186 g/mol. The fraction of sp³-hybridized carbons (Fsp3) is 0.667. The second-order valence-electron chi connectivity index (χ2n) is 3.30. The zero-order valence-electron chi connectivity index (χ0n) is 8.02. The third-order valence-electron chi connectivity index (χ3n) is 2.25. The molecule has 0 aromatic rings. The molecule has 0 aliphatic carbocycles. The van der Waals surface area contributed by atoms with E-state index in [9.17, 15) is 14.4 Å². The van der Waals surface area contributed by atoms with Crippen LogP contribution in [0, 0.1) is 0 Å². The van der Waals surface area contributed by atoms with Crippen molar-refractivity contribution < 1.29 is 19.5 Å². The van der Waals surface area contributed by atoms with Crippen LogP contribution in [0.1, 0.15) is 32.6 Å². The molecular formula is C9H13NO4. The Bertz CT molecular complexity index is 258. The standard InChI is InChI=1S/C9H13NO4/c1-2-3-6(9(13)14)10-7(11)4-5-8(10)12/h6H,2-5H2,1H3,(H,13,14). The van der Waals surface area contributed by atoms with Gasteiger partial charge in [-0.2, -0.15) is 0 Å². The van der Waals surface area contributed by atoms with E-state index >= 15 is 0 Å². The number of nitrogens with zero attached hydrogens (tertiary/aromatic N) is 1. The summed E-state index contributed by atoms with van der Waals surface area (Å²) in [4.78, 5) is 34.2. The monoisotopic (exact) mass is 199 g/mol. The fourth-order valence-electron chi connectivity index (χ4n) is 1.58. The molecule has 0 aromatic carbocycles. The lowest BCUT2D eigenvalue weighted by Gasteiger charge is -2.21. The molecule has 1 aliphatic rings. The molecule has 2 amide bonds. The third kappa shape index (κ3) is 1.92. The van der Waals surface area contributed by atoms with Crippen LogP contribution in [0.15, 0.2) is 0 Å². The summed E-state index contributed by atoms with van der Waals surface area (Å²) in [5, 5.41) is 8.85. The molecule has 1 rings (SSSR count). The van der Waals surface area contributed by atoms with E-state index in [1.165, 1.54) is 0 Å². The molecule has 0 radical (unpaired) electrons. The van der Waals surface area contributed by atoms with Gasteiger partial charge in [-0.15, -0.1) is 0 Å². The van der Waals surface area contributed by atoms with Gasteiger partial charge in [-0.3, -0.25) is 14.5 Å². The molecule has 5 nitrogen and oxygen atoms in total. The summed E-state index contributed by atoms with van der Waals surface area (Å²) >= 11 is 0. The van der Waals surface area contributed by atoms with Crippen molar-refractivity contribution >= 4 is 17.8 Å². The van der Waals surface area contributed by atoms with Gasteiger partial charge in [-0.05, 0) is 6.42 Å². The van der Waals surface area contributed by atoms with Crippen molar-refractivity contribution in [1.82, 2.24) is 4.90 Å². The zero-order chi connectivity index (χ0) is 10.7. The lowest BCUT2D eigenvalue weighted by Crippen LogP contribution is -2.44. The number of hydrogen-bond acceptors (Lipinski definition) is 3. The Morgan fingerprint density at radius 2 is 1.93 bits per heavy atom. The van der Waals surface area contributed by atoms with Gasteiger partial charge in [-0.1, -0.05) is 13.3 Å². The fourth-order valence-corrected chi connectivity index (χ4v) is 1.58. The molecule has 1 N–H and O–H groups in total. The molecule has 1 unspecified atom stereocenters. The first-order chi connectivity index (χ1) is 6.57. The van der Waals surface area contributed by atoms with Gasteiger partial charge in [0.15, 0.2) is 0 Å². The predicted molar refractivity (Wildman–Crippen MR) is 47.4 cm³/mol.